The minimum absolute atomic E-state index is 0.00121. The standard InChI is InChI=1S/C19H26N2/c1-19(2,3)20-13-12-15-8-6-7-9-18(15)16-10-11-17(14-16)21(4)5/h6-9,11,13-14H,10,12H2,1-5H3. The summed E-state index contributed by atoms with van der Waals surface area (Å²) in [5.74, 6) is 0. The Morgan fingerprint density at radius 1 is 1.19 bits per heavy atom. The number of aliphatic imine (C=N–C) groups is 1. The Morgan fingerprint density at radius 2 is 1.90 bits per heavy atom. The number of benzene rings is 1. The molecule has 0 aliphatic heterocycles. The zero-order chi connectivity index (χ0) is 15.5. The minimum atomic E-state index is 0.00121. The van der Waals surface area contributed by atoms with E-state index in [1.54, 1.807) is 0 Å². The highest BCUT2D eigenvalue weighted by molar-refractivity contribution is 5.76. The first-order valence-electron chi connectivity index (χ1n) is 7.57. The predicted molar refractivity (Wildman–Crippen MR) is 92.8 cm³/mol. The monoisotopic (exact) mass is 282 g/mol. The maximum atomic E-state index is 4.60. The van der Waals surface area contributed by atoms with E-state index in [0.29, 0.717) is 0 Å². The Hall–Kier alpha value is -1.83. The van der Waals surface area contributed by atoms with Crippen molar-refractivity contribution in [2.45, 2.75) is 39.2 Å². The van der Waals surface area contributed by atoms with Crippen LogP contribution in [-0.4, -0.2) is 30.7 Å². The lowest BCUT2D eigenvalue weighted by atomic mass is 9.97. The van der Waals surface area contributed by atoms with Crippen LogP contribution in [0.3, 0.4) is 0 Å². The van der Waals surface area contributed by atoms with Crippen molar-refractivity contribution in [3.8, 4) is 0 Å². The van der Waals surface area contributed by atoms with Crippen molar-refractivity contribution in [3.63, 3.8) is 0 Å². The Balaban J connectivity index is 2.19. The summed E-state index contributed by atoms with van der Waals surface area (Å²) in [7, 11) is 4.18. The summed E-state index contributed by atoms with van der Waals surface area (Å²) in [6.07, 6.45) is 8.53. The van der Waals surface area contributed by atoms with Crippen molar-refractivity contribution < 1.29 is 0 Å². The number of rotatable bonds is 4. The van der Waals surface area contributed by atoms with Gasteiger partial charge in [0.15, 0.2) is 0 Å². The van der Waals surface area contributed by atoms with Gasteiger partial charge in [-0.15, -0.1) is 0 Å². The SMILES string of the molecule is CN(C)C1=CCC(c2ccccc2CC=NC(C)(C)C)=C1. The van der Waals surface area contributed by atoms with E-state index in [-0.39, 0.29) is 5.54 Å². The molecule has 0 saturated carbocycles. The smallest absolute Gasteiger partial charge is 0.0520 e. The molecule has 112 valence electrons. The van der Waals surface area contributed by atoms with Crippen LogP contribution < -0.4 is 0 Å². The topological polar surface area (TPSA) is 15.6 Å². The van der Waals surface area contributed by atoms with Crippen LogP contribution in [0.4, 0.5) is 0 Å². The fourth-order valence-electron chi connectivity index (χ4n) is 2.44. The first-order chi connectivity index (χ1) is 9.87. The van der Waals surface area contributed by atoms with Gasteiger partial charge in [0, 0.05) is 32.4 Å². The van der Waals surface area contributed by atoms with Crippen molar-refractivity contribution >= 4 is 11.8 Å². The summed E-state index contributed by atoms with van der Waals surface area (Å²) in [6, 6.07) is 8.66. The molecule has 0 saturated heterocycles. The molecule has 0 unspecified atom stereocenters. The van der Waals surface area contributed by atoms with E-state index in [2.05, 4.69) is 87.4 Å². The lowest BCUT2D eigenvalue weighted by Crippen LogP contribution is -2.10. The summed E-state index contributed by atoms with van der Waals surface area (Å²) in [4.78, 5) is 6.76. The predicted octanol–water partition coefficient (Wildman–Crippen LogP) is 4.33. The van der Waals surface area contributed by atoms with Gasteiger partial charge in [-0.2, -0.15) is 0 Å². The highest BCUT2D eigenvalue weighted by atomic mass is 15.1. The number of allylic oxidation sites excluding steroid dienone is 3. The Bertz CT molecular complexity index is 584. The van der Waals surface area contributed by atoms with Gasteiger partial charge in [-0.1, -0.05) is 30.3 Å². The zero-order valence-corrected chi connectivity index (χ0v) is 13.9. The van der Waals surface area contributed by atoms with Crippen molar-refractivity contribution in [1.82, 2.24) is 4.90 Å². The van der Waals surface area contributed by atoms with E-state index in [1.165, 1.54) is 22.4 Å². The van der Waals surface area contributed by atoms with Gasteiger partial charge in [-0.3, -0.25) is 4.99 Å². The molecule has 0 amide bonds. The third kappa shape index (κ3) is 4.32. The van der Waals surface area contributed by atoms with Crippen LogP contribution in [0, 0.1) is 0 Å². The van der Waals surface area contributed by atoms with Crippen molar-refractivity contribution in [2.24, 2.45) is 4.99 Å². The molecule has 0 atom stereocenters. The third-order valence-electron chi connectivity index (χ3n) is 3.52. The van der Waals surface area contributed by atoms with Gasteiger partial charge in [0.25, 0.3) is 0 Å². The number of likely N-dealkylation sites (N-methyl/N-ethyl adjacent to an activating group) is 1. The summed E-state index contributed by atoms with van der Waals surface area (Å²) >= 11 is 0. The number of nitrogens with zero attached hydrogens (tertiary/aromatic N) is 2. The highest BCUT2D eigenvalue weighted by Crippen LogP contribution is 2.30. The van der Waals surface area contributed by atoms with Gasteiger partial charge in [-0.05, 0) is 50.0 Å². The van der Waals surface area contributed by atoms with Crippen molar-refractivity contribution in [1.29, 1.82) is 0 Å². The Labute approximate surface area is 128 Å². The molecule has 0 spiro atoms. The fourth-order valence-corrected chi connectivity index (χ4v) is 2.44. The second-order valence-corrected chi connectivity index (χ2v) is 6.74. The molecular weight excluding hydrogens is 256 g/mol. The first-order valence-corrected chi connectivity index (χ1v) is 7.57. The lowest BCUT2D eigenvalue weighted by molar-refractivity contribution is 0.531. The van der Waals surface area contributed by atoms with Crippen LogP contribution in [0.2, 0.25) is 0 Å². The molecule has 2 heteroatoms. The maximum Gasteiger partial charge on any atom is 0.0520 e. The summed E-state index contributed by atoms with van der Waals surface area (Å²) < 4.78 is 0. The van der Waals surface area contributed by atoms with E-state index in [0.717, 1.165) is 12.8 Å². The van der Waals surface area contributed by atoms with Crippen LogP contribution in [0.15, 0.2) is 47.1 Å². The highest BCUT2D eigenvalue weighted by Gasteiger charge is 2.13. The van der Waals surface area contributed by atoms with Gasteiger partial charge < -0.3 is 4.90 Å². The molecule has 0 aromatic heterocycles. The summed E-state index contributed by atoms with van der Waals surface area (Å²) in [6.45, 7) is 6.38. The van der Waals surface area contributed by atoms with Gasteiger partial charge in [-0.25, -0.2) is 0 Å². The van der Waals surface area contributed by atoms with E-state index in [4.69, 9.17) is 0 Å². The minimum Gasteiger partial charge on any atom is -0.378 e. The molecule has 0 fully saturated rings. The molecular formula is C19H26N2. The maximum absolute atomic E-state index is 4.60. The number of hydrogen-bond donors (Lipinski definition) is 0. The molecule has 0 heterocycles. The van der Waals surface area contributed by atoms with Gasteiger partial charge >= 0.3 is 0 Å². The molecule has 2 nitrogen and oxygen atoms in total. The third-order valence-corrected chi connectivity index (χ3v) is 3.52. The van der Waals surface area contributed by atoms with Crippen LogP contribution in [-0.2, 0) is 6.42 Å². The molecule has 0 bridgehead atoms. The normalized spacial score (nSPS) is 15.3. The van der Waals surface area contributed by atoms with Gasteiger partial charge in [0.1, 0.15) is 0 Å². The second kappa shape index (κ2) is 6.30. The number of hydrogen-bond acceptors (Lipinski definition) is 2. The molecule has 0 N–H and O–H groups in total. The van der Waals surface area contributed by atoms with E-state index < -0.39 is 0 Å². The molecule has 21 heavy (non-hydrogen) atoms. The molecule has 1 aliphatic carbocycles. The van der Waals surface area contributed by atoms with E-state index in [9.17, 15) is 0 Å². The van der Waals surface area contributed by atoms with Crippen molar-refractivity contribution in [2.75, 3.05) is 14.1 Å². The second-order valence-electron chi connectivity index (χ2n) is 6.74. The van der Waals surface area contributed by atoms with E-state index in [1.807, 2.05) is 0 Å². The quantitative estimate of drug-likeness (QED) is 0.750. The molecule has 2 rings (SSSR count). The Morgan fingerprint density at radius 3 is 2.52 bits per heavy atom. The largest absolute Gasteiger partial charge is 0.378 e. The van der Waals surface area contributed by atoms with E-state index >= 15 is 0 Å². The summed E-state index contributed by atoms with van der Waals surface area (Å²) in [5.41, 5.74) is 5.40. The van der Waals surface area contributed by atoms with Crippen LogP contribution in [0.1, 0.15) is 38.3 Å². The molecule has 0 radical (unpaired) electrons. The lowest BCUT2D eigenvalue weighted by Gasteiger charge is -2.13. The molecule has 1 aliphatic rings. The molecule has 1 aromatic carbocycles. The van der Waals surface area contributed by atoms with Gasteiger partial charge in [0.2, 0.25) is 0 Å². The average Bonchev–Trinajstić information content (AvgIpc) is 2.87. The average molecular weight is 282 g/mol. The molecule has 1 aromatic rings. The first kappa shape index (κ1) is 15.6. The van der Waals surface area contributed by atoms with Crippen LogP contribution in [0.5, 0.6) is 0 Å². The van der Waals surface area contributed by atoms with Crippen molar-refractivity contribution in [3.05, 3.63) is 53.2 Å². The fraction of sp³-hybridized carbons (Fsp3) is 0.421. The van der Waals surface area contributed by atoms with Gasteiger partial charge in [0.05, 0.1) is 5.54 Å². The Kier molecular flexibility index (Phi) is 4.66. The summed E-state index contributed by atoms with van der Waals surface area (Å²) in [5, 5.41) is 0. The van der Waals surface area contributed by atoms with Crippen LogP contribution in [0.25, 0.3) is 5.57 Å². The van der Waals surface area contributed by atoms with Crippen LogP contribution >= 0.6 is 0 Å². The zero-order valence-electron chi connectivity index (χ0n) is 13.9.